The molecule has 184 valence electrons. The number of rotatable bonds is 5. The van der Waals surface area contributed by atoms with E-state index < -0.39 is 42.5 Å². The van der Waals surface area contributed by atoms with Crippen LogP contribution in [0, 0.1) is 6.92 Å². The second kappa shape index (κ2) is 9.63. The van der Waals surface area contributed by atoms with Crippen LogP contribution < -0.4 is 0 Å². The van der Waals surface area contributed by atoms with Crippen molar-refractivity contribution >= 4 is 5.91 Å². The number of piperidine rings is 1. The molecule has 2 aromatic heterocycles. The third-order valence-electron chi connectivity index (χ3n) is 5.90. The van der Waals surface area contributed by atoms with Crippen molar-refractivity contribution in [2.75, 3.05) is 6.54 Å². The number of carbonyl (C=O) groups is 1. The van der Waals surface area contributed by atoms with Gasteiger partial charge in [0.25, 0.3) is 11.8 Å². The Morgan fingerprint density at radius 2 is 1.80 bits per heavy atom. The number of aryl methyl sites for hydroxylation is 2. The molecule has 1 amide bonds. The first-order valence-corrected chi connectivity index (χ1v) is 11.0. The van der Waals surface area contributed by atoms with E-state index in [0.717, 1.165) is 5.56 Å². The fraction of sp³-hybridized carbons (Fsp3) is 0.375. The molecular formula is C24H22F5N5O. The van der Waals surface area contributed by atoms with Crippen LogP contribution in [0.2, 0.25) is 0 Å². The second-order valence-electron chi connectivity index (χ2n) is 8.51. The standard InChI is InChI=1S/C24H22F5N5O/c1-15-3-5-18(21-30-8-2-9-31-21)19(11-15)22(35)34-10-7-23(25,26)12-17(34)4-6-20-32-13-16(14-33-20)24(27,28)29/h2-3,5,8-9,11,13-14,17H,4,6-7,10,12H2,1H3. The number of nitrogens with zero attached hydrogens (tertiary/aromatic N) is 5. The van der Waals surface area contributed by atoms with E-state index in [0.29, 0.717) is 29.3 Å². The number of benzene rings is 1. The molecule has 1 aromatic carbocycles. The fourth-order valence-corrected chi connectivity index (χ4v) is 4.10. The molecule has 1 aliphatic heterocycles. The number of amides is 1. The van der Waals surface area contributed by atoms with E-state index in [1.165, 1.54) is 4.90 Å². The average Bonchev–Trinajstić information content (AvgIpc) is 2.82. The van der Waals surface area contributed by atoms with Gasteiger partial charge in [0.05, 0.1) is 11.1 Å². The van der Waals surface area contributed by atoms with E-state index in [2.05, 4.69) is 19.9 Å². The van der Waals surface area contributed by atoms with E-state index >= 15 is 0 Å². The van der Waals surface area contributed by atoms with Crippen molar-refractivity contribution in [1.82, 2.24) is 24.8 Å². The van der Waals surface area contributed by atoms with Gasteiger partial charge in [0, 0.05) is 62.2 Å². The van der Waals surface area contributed by atoms with Gasteiger partial charge in [0.1, 0.15) is 5.82 Å². The first kappa shape index (κ1) is 24.6. The Morgan fingerprint density at radius 1 is 1.11 bits per heavy atom. The third-order valence-corrected chi connectivity index (χ3v) is 5.90. The van der Waals surface area contributed by atoms with Gasteiger partial charge in [0.15, 0.2) is 5.82 Å². The Balaban J connectivity index is 1.58. The number of carbonyl (C=O) groups excluding carboxylic acids is 1. The molecule has 4 rings (SSSR count). The summed E-state index contributed by atoms with van der Waals surface area (Å²) in [7, 11) is 0. The van der Waals surface area contributed by atoms with Gasteiger partial charge in [-0.3, -0.25) is 4.79 Å². The number of alkyl halides is 5. The van der Waals surface area contributed by atoms with Crippen LogP contribution in [0.3, 0.4) is 0 Å². The minimum absolute atomic E-state index is 0.0468. The lowest BCUT2D eigenvalue weighted by molar-refractivity contribution is -0.138. The number of hydrogen-bond donors (Lipinski definition) is 0. The molecule has 6 nitrogen and oxygen atoms in total. The lowest BCUT2D eigenvalue weighted by atomic mass is 9.92. The van der Waals surface area contributed by atoms with Gasteiger partial charge >= 0.3 is 6.18 Å². The smallest absolute Gasteiger partial charge is 0.335 e. The topological polar surface area (TPSA) is 71.9 Å². The second-order valence-corrected chi connectivity index (χ2v) is 8.51. The normalized spacial score (nSPS) is 17.9. The molecule has 11 heteroatoms. The largest absolute Gasteiger partial charge is 0.419 e. The van der Waals surface area contributed by atoms with E-state index in [9.17, 15) is 26.7 Å². The summed E-state index contributed by atoms with van der Waals surface area (Å²) in [6.45, 7) is 1.66. The third kappa shape index (κ3) is 5.77. The molecule has 0 radical (unpaired) electrons. The van der Waals surface area contributed by atoms with Crippen LogP contribution >= 0.6 is 0 Å². The summed E-state index contributed by atoms with van der Waals surface area (Å²) in [5.74, 6) is -2.95. The molecule has 3 heterocycles. The van der Waals surface area contributed by atoms with Crippen molar-refractivity contribution < 1.29 is 26.7 Å². The van der Waals surface area contributed by atoms with Crippen molar-refractivity contribution in [3.05, 3.63) is 71.6 Å². The van der Waals surface area contributed by atoms with E-state index in [1.807, 2.05) is 13.0 Å². The molecule has 0 spiro atoms. The van der Waals surface area contributed by atoms with Gasteiger partial charge in [-0.05, 0) is 25.5 Å². The van der Waals surface area contributed by atoms with Gasteiger partial charge in [0.2, 0.25) is 0 Å². The summed E-state index contributed by atoms with van der Waals surface area (Å²) in [4.78, 5) is 30.9. The molecule has 3 aromatic rings. The summed E-state index contributed by atoms with van der Waals surface area (Å²) in [6.07, 6.45) is -1.05. The zero-order valence-electron chi connectivity index (χ0n) is 18.8. The number of hydrogen-bond acceptors (Lipinski definition) is 5. The number of aromatic nitrogens is 4. The zero-order valence-corrected chi connectivity index (χ0v) is 18.8. The Bertz CT molecular complexity index is 1190. The van der Waals surface area contributed by atoms with Gasteiger partial charge in [-0.25, -0.2) is 28.7 Å². The Labute approximate surface area is 198 Å². The lowest BCUT2D eigenvalue weighted by Gasteiger charge is -2.39. The number of halogens is 5. The quantitative estimate of drug-likeness (QED) is 0.463. The molecule has 0 aliphatic carbocycles. The molecular weight excluding hydrogens is 469 g/mol. The predicted molar refractivity (Wildman–Crippen MR) is 117 cm³/mol. The number of likely N-dealkylation sites (tertiary alicyclic amines) is 1. The van der Waals surface area contributed by atoms with Crippen molar-refractivity contribution in [1.29, 1.82) is 0 Å². The average molecular weight is 491 g/mol. The minimum atomic E-state index is -4.57. The van der Waals surface area contributed by atoms with Crippen LogP contribution in [-0.2, 0) is 12.6 Å². The van der Waals surface area contributed by atoms with Gasteiger partial charge in [-0.2, -0.15) is 13.2 Å². The highest BCUT2D eigenvalue weighted by atomic mass is 19.4. The summed E-state index contributed by atoms with van der Waals surface area (Å²) in [5.41, 5.74) is 0.614. The van der Waals surface area contributed by atoms with Crippen molar-refractivity contribution in [2.24, 2.45) is 0 Å². The van der Waals surface area contributed by atoms with Gasteiger partial charge < -0.3 is 4.90 Å². The predicted octanol–water partition coefficient (Wildman–Crippen LogP) is 5.13. The van der Waals surface area contributed by atoms with Gasteiger partial charge in [-0.15, -0.1) is 0 Å². The first-order valence-electron chi connectivity index (χ1n) is 11.0. The monoisotopic (exact) mass is 491 g/mol. The van der Waals surface area contributed by atoms with Gasteiger partial charge in [-0.1, -0.05) is 17.7 Å². The Hall–Kier alpha value is -3.50. The summed E-state index contributed by atoms with van der Waals surface area (Å²) in [5, 5.41) is 0. The van der Waals surface area contributed by atoms with Crippen LogP contribution in [0.15, 0.2) is 49.1 Å². The minimum Gasteiger partial charge on any atom is -0.335 e. The summed E-state index contributed by atoms with van der Waals surface area (Å²) in [6, 6.07) is 6.01. The molecule has 1 aliphatic rings. The highest BCUT2D eigenvalue weighted by Crippen LogP contribution is 2.35. The van der Waals surface area contributed by atoms with E-state index in [-0.39, 0.29) is 25.2 Å². The molecule has 35 heavy (non-hydrogen) atoms. The molecule has 0 saturated carbocycles. The van der Waals surface area contributed by atoms with Crippen LogP contribution in [0.25, 0.3) is 11.4 Å². The lowest BCUT2D eigenvalue weighted by Crippen LogP contribution is -2.50. The zero-order chi connectivity index (χ0) is 25.2. The maximum Gasteiger partial charge on any atom is 0.419 e. The summed E-state index contributed by atoms with van der Waals surface area (Å²) >= 11 is 0. The highest BCUT2D eigenvalue weighted by Gasteiger charge is 2.42. The van der Waals surface area contributed by atoms with Crippen LogP contribution in [0.1, 0.15) is 46.6 Å². The van der Waals surface area contributed by atoms with Crippen LogP contribution in [0.5, 0.6) is 0 Å². The van der Waals surface area contributed by atoms with Crippen molar-refractivity contribution in [3.8, 4) is 11.4 Å². The molecule has 1 unspecified atom stereocenters. The van der Waals surface area contributed by atoms with Crippen LogP contribution in [0.4, 0.5) is 22.0 Å². The molecule has 0 N–H and O–H groups in total. The highest BCUT2D eigenvalue weighted by molar-refractivity contribution is 6.00. The fourth-order valence-electron chi connectivity index (χ4n) is 4.10. The van der Waals surface area contributed by atoms with E-state index in [4.69, 9.17) is 0 Å². The SMILES string of the molecule is Cc1ccc(-c2ncccn2)c(C(=O)N2CCC(F)(F)CC2CCc2ncc(C(F)(F)F)cn2)c1. The first-order chi connectivity index (χ1) is 16.5. The Morgan fingerprint density at radius 3 is 2.46 bits per heavy atom. The molecule has 1 saturated heterocycles. The maximum absolute atomic E-state index is 14.3. The summed E-state index contributed by atoms with van der Waals surface area (Å²) < 4.78 is 66.8. The Kier molecular flexibility index (Phi) is 6.77. The molecule has 0 bridgehead atoms. The van der Waals surface area contributed by atoms with Crippen LogP contribution in [-0.4, -0.2) is 49.3 Å². The van der Waals surface area contributed by atoms with E-state index in [1.54, 1.807) is 30.6 Å². The van der Waals surface area contributed by atoms with Crippen molar-refractivity contribution in [2.45, 2.75) is 50.7 Å². The molecule has 1 atom stereocenters. The molecule has 1 fully saturated rings. The maximum atomic E-state index is 14.3. The van der Waals surface area contributed by atoms with Crippen molar-refractivity contribution in [3.63, 3.8) is 0 Å².